The third-order valence-corrected chi connectivity index (χ3v) is 5.48. The van der Waals surface area contributed by atoms with E-state index in [1.54, 1.807) is 9.47 Å². The molecule has 1 aliphatic rings. The predicted molar refractivity (Wildman–Crippen MR) is 106 cm³/mol. The topological polar surface area (TPSA) is 60.1 Å². The Hall–Kier alpha value is -2.37. The van der Waals surface area contributed by atoms with Crippen LogP contribution in [0.15, 0.2) is 23.0 Å². The molecule has 0 aliphatic carbocycles. The number of aromatic nitrogens is 3. The zero-order valence-electron chi connectivity index (χ0n) is 16.9. The number of unbranched alkanes of at least 4 members (excludes halogenated alkanes) is 1. The van der Waals surface area contributed by atoms with Crippen LogP contribution in [0.3, 0.4) is 0 Å². The van der Waals surface area contributed by atoms with Gasteiger partial charge in [-0.2, -0.15) is 5.10 Å². The summed E-state index contributed by atoms with van der Waals surface area (Å²) in [6.45, 7) is 8.04. The lowest BCUT2D eigenvalue weighted by Gasteiger charge is -2.26. The lowest BCUT2D eigenvalue weighted by atomic mass is 9.97. The molecule has 6 nitrogen and oxygen atoms in total. The minimum absolute atomic E-state index is 0.0771. The lowest BCUT2D eigenvalue weighted by molar-refractivity contribution is -0.132. The van der Waals surface area contributed by atoms with Gasteiger partial charge in [-0.1, -0.05) is 37.1 Å². The molecule has 1 unspecified atom stereocenters. The molecule has 0 spiro atoms. The molecule has 6 heteroatoms. The fourth-order valence-electron chi connectivity index (χ4n) is 3.75. The Morgan fingerprint density at radius 3 is 2.85 bits per heavy atom. The molecule has 1 aromatic carbocycles. The van der Waals surface area contributed by atoms with Gasteiger partial charge in [0.15, 0.2) is 0 Å². The van der Waals surface area contributed by atoms with Gasteiger partial charge in [-0.3, -0.25) is 9.36 Å². The van der Waals surface area contributed by atoms with Crippen LogP contribution in [0.2, 0.25) is 0 Å². The summed E-state index contributed by atoms with van der Waals surface area (Å²) in [4.78, 5) is 27.6. The fourth-order valence-corrected chi connectivity index (χ4v) is 3.75. The number of hydrogen-bond acceptors (Lipinski definition) is 3. The minimum Gasteiger partial charge on any atom is -0.345 e. The smallest absolute Gasteiger partial charge is 0.345 e. The van der Waals surface area contributed by atoms with Crippen LogP contribution in [0.25, 0.3) is 0 Å². The fraction of sp³-hybridized carbons (Fsp3) is 0.571. The maximum Gasteiger partial charge on any atom is 0.346 e. The first-order valence-electron chi connectivity index (χ1n) is 9.91. The van der Waals surface area contributed by atoms with Gasteiger partial charge in [-0.15, -0.1) is 0 Å². The van der Waals surface area contributed by atoms with E-state index < -0.39 is 0 Å². The third kappa shape index (κ3) is 3.99. The predicted octanol–water partition coefficient (Wildman–Crippen LogP) is 2.85. The molecular weight excluding hydrogens is 340 g/mol. The minimum atomic E-state index is -0.312. The summed E-state index contributed by atoms with van der Waals surface area (Å²) in [5, 5.41) is 4.60. The number of benzene rings is 1. The number of carbonyl (C=O) groups excluding carboxylic acids is 1. The van der Waals surface area contributed by atoms with E-state index in [9.17, 15) is 9.59 Å². The van der Waals surface area contributed by atoms with E-state index in [0.717, 1.165) is 43.4 Å². The van der Waals surface area contributed by atoms with Crippen LogP contribution in [0, 0.1) is 13.8 Å². The Bertz CT molecular complexity index is 881. The van der Waals surface area contributed by atoms with Gasteiger partial charge in [0.2, 0.25) is 5.91 Å². The first kappa shape index (κ1) is 19.4. The quantitative estimate of drug-likeness (QED) is 0.786. The van der Waals surface area contributed by atoms with Crippen molar-refractivity contribution in [2.24, 2.45) is 0 Å². The molecule has 2 heterocycles. The van der Waals surface area contributed by atoms with Crippen molar-refractivity contribution >= 4 is 5.91 Å². The number of amides is 1. The molecule has 1 amide bonds. The van der Waals surface area contributed by atoms with Gasteiger partial charge < -0.3 is 4.90 Å². The van der Waals surface area contributed by atoms with Crippen LogP contribution in [0.1, 0.15) is 61.0 Å². The van der Waals surface area contributed by atoms with E-state index >= 15 is 0 Å². The first-order chi connectivity index (χ1) is 12.9. The van der Waals surface area contributed by atoms with Crippen molar-refractivity contribution in [1.29, 1.82) is 0 Å². The largest absolute Gasteiger partial charge is 0.346 e. The van der Waals surface area contributed by atoms with Gasteiger partial charge in [0.25, 0.3) is 0 Å². The summed E-state index contributed by atoms with van der Waals surface area (Å²) in [7, 11) is 1.85. The third-order valence-electron chi connectivity index (χ3n) is 5.48. The van der Waals surface area contributed by atoms with Crippen molar-refractivity contribution in [1.82, 2.24) is 19.2 Å². The average Bonchev–Trinajstić information content (AvgIpc) is 2.98. The standard InChI is InChI=1S/C21H30N4O2/c1-5-6-11-23(4)20(26)18-8-7-12-24-19(18)22-25(21(24)27)14-17-13-15(2)9-10-16(17)3/h9-10,13,18H,5-8,11-12,14H2,1-4H3. The molecule has 2 aromatic rings. The van der Waals surface area contributed by atoms with E-state index in [0.29, 0.717) is 18.9 Å². The number of nitrogens with zero attached hydrogens (tertiary/aromatic N) is 4. The van der Waals surface area contributed by atoms with E-state index in [-0.39, 0.29) is 17.5 Å². The van der Waals surface area contributed by atoms with Crippen LogP contribution in [-0.2, 0) is 17.9 Å². The summed E-state index contributed by atoms with van der Waals surface area (Å²) in [6, 6.07) is 6.24. The molecule has 146 valence electrons. The summed E-state index contributed by atoms with van der Waals surface area (Å²) in [5.41, 5.74) is 3.29. The van der Waals surface area contributed by atoms with Crippen LogP contribution < -0.4 is 5.69 Å². The molecule has 0 saturated carbocycles. The van der Waals surface area contributed by atoms with E-state index in [1.165, 1.54) is 10.2 Å². The highest BCUT2D eigenvalue weighted by Crippen LogP contribution is 2.26. The Morgan fingerprint density at radius 1 is 1.33 bits per heavy atom. The normalized spacial score (nSPS) is 16.2. The number of carbonyl (C=O) groups is 1. The van der Waals surface area contributed by atoms with E-state index in [1.807, 2.05) is 20.9 Å². The second-order valence-corrected chi connectivity index (χ2v) is 7.69. The number of hydrogen-bond donors (Lipinski definition) is 0. The van der Waals surface area contributed by atoms with Gasteiger partial charge in [-0.05, 0) is 44.2 Å². The Kier molecular flexibility index (Phi) is 5.82. The maximum atomic E-state index is 12.9. The summed E-state index contributed by atoms with van der Waals surface area (Å²) in [6.07, 6.45) is 3.63. The summed E-state index contributed by atoms with van der Waals surface area (Å²) in [5.74, 6) is 0.395. The van der Waals surface area contributed by atoms with Gasteiger partial charge in [0.1, 0.15) is 5.82 Å². The van der Waals surface area contributed by atoms with Gasteiger partial charge in [-0.25, -0.2) is 9.48 Å². The van der Waals surface area contributed by atoms with Crippen molar-refractivity contribution in [3.05, 3.63) is 51.2 Å². The summed E-state index contributed by atoms with van der Waals surface area (Å²) >= 11 is 0. The molecule has 0 radical (unpaired) electrons. The number of fused-ring (bicyclic) bond motifs is 1. The molecular formula is C21H30N4O2. The van der Waals surface area contributed by atoms with E-state index in [2.05, 4.69) is 30.2 Å². The zero-order chi connectivity index (χ0) is 19.6. The highest BCUT2D eigenvalue weighted by Gasteiger charge is 2.33. The lowest BCUT2D eigenvalue weighted by Crippen LogP contribution is -2.36. The van der Waals surface area contributed by atoms with Crippen molar-refractivity contribution in [2.75, 3.05) is 13.6 Å². The molecule has 0 saturated heterocycles. The second kappa shape index (κ2) is 8.11. The maximum absolute atomic E-state index is 12.9. The summed E-state index contributed by atoms with van der Waals surface area (Å²) < 4.78 is 3.22. The molecule has 0 bridgehead atoms. The number of aryl methyl sites for hydroxylation is 2. The Labute approximate surface area is 160 Å². The second-order valence-electron chi connectivity index (χ2n) is 7.69. The number of rotatable bonds is 6. The number of likely N-dealkylation sites (N-methyl/N-ethyl adjacent to an activating group) is 1. The average molecular weight is 370 g/mol. The SMILES string of the molecule is CCCCN(C)C(=O)C1CCCn2c1nn(Cc1cc(C)ccc1C)c2=O. The molecule has 0 fully saturated rings. The van der Waals surface area contributed by atoms with Crippen LogP contribution in [-0.4, -0.2) is 38.7 Å². The highest BCUT2D eigenvalue weighted by atomic mass is 16.2. The van der Waals surface area contributed by atoms with Crippen molar-refractivity contribution < 1.29 is 4.79 Å². The monoisotopic (exact) mass is 370 g/mol. The van der Waals surface area contributed by atoms with Crippen LogP contribution >= 0.6 is 0 Å². The molecule has 1 atom stereocenters. The molecule has 1 aliphatic heterocycles. The van der Waals surface area contributed by atoms with Crippen molar-refractivity contribution in [2.45, 2.75) is 65.5 Å². The van der Waals surface area contributed by atoms with Gasteiger partial charge in [0.05, 0.1) is 12.5 Å². The molecule has 1 aromatic heterocycles. The highest BCUT2D eigenvalue weighted by molar-refractivity contribution is 5.82. The van der Waals surface area contributed by atoms with Crippen molar-refractivity contribution in [3.8, 4) is 0 Å². The zero-order valence-corrected chi connectivity index (χ0v) is 16.9. The van der Waals surface area contributed by atoms with Gasteiger partial charge >= 0.3 is 5.69 Å². The molecule has 27 heavy (non-hydrogen) atoms. The van der Waals surface area contributed by atoms with Crippen LogP contribution in [0.4, 0.5) is 0 Å². The van der Waals surface area contributed by atoms with Crippen molar-refractivity contribution in [3.63, 3.8) is 0 Å². The van der Waals surface area contributed by atoms with E-state index in [4.69, 9.17) is 0 Å². The molecule has 0 N–H and O–H groups in total. The Morgan fingerprint density at radius 2 is 2.11 bits per heavy atom. The Balaban J connectivity index is 1.89. The first-order valence-corrected chi connectivity index (χ1v) is 9.91. The van der Waals surface area contributed by atoms with Gasteiger partial charge in [0, 0.05) is 20.1 Å². The van der Waals surface area contributed by atoms with Crippen LogP contribution in [0.5, 0.6) is 0 Å². The molecule has 3 rings (SSSR count).